The van der Waals surface area contributed by atoms with Crippen LogP contribution in [0.2, 0.25) is 0 Å². The summed E-state index contributed by atoms with van der Waals surface area (Å²) in [7, 11) is 0. The van der Waals surface area contributed by atoms with Gasteiger partial charge < -0.3 is 0 Å². The molecule has 0 bridgehead atoms. The van der Waals surface area contributed by atoms with Gasteiger partial charge in [0.25, 0.3) is 0 Å². The molecule has 1 nitrogen and oxygen atoms in total. The van der Waals surface area contributed by atoms with Crippen molar-refractivity contribution in [1.82, 2.24) is 0 Å². The van der Waals surface area contributed by atoms with E-state index in [0.29, 0.717) is 5.92 Å². The van der Waals surface area contributed by atoms with Crippen LogP contribution in [0.4, 0.5) is 5.69 Å². The molecule has 0 unspecified atom stereocenters. The minimum Gasteiger partial charge on any atom is -0.264 e. The number of aliphatic imine (C=N–C) groups is 1. The van der Waals surface area contributed by atoms with Crippen molar-refractivity contribution in [2.24, 2.45) is 4.99 Å². The number of rotatable bonds is 2. The second kappa shape index (κ2) is 3.53. The van der Waals surface area contributed by atoms with E-state index in [1.165, 1.54) is 11.1 Å². The summed E-state index contributed by atoms with van der Waals surface area (Å²) in [4.78, 5) is 3.96. The molecule has 1 heteroatoms. The van der Waals surface area contributed by atoms with Crippen LogP contribution in [0, 0.1) is 6.92 Å². The Bertz CT molecular complexity index is 287. The van der Waals surface area contributed by atoms with Crippen molar-refractivity contribution in [2.75, 3.05) is 0 Å². The fourth-order valence-corrected chi connectivity index (χ4v) is 1.16. The first-order chi connectivity index (χ1) is 5.65. The smallest absolute Gasteiger partial charge is 0.0654 e. The van der Waals surface area contributed by atoms with Crippen molar-refractivity contribution in [3.63, 3.8) is 0 Å². The Morgan fingerprint density at radius 1 is 1.33 bits per heavy atom. The maximum Gasteiger partial charge on any atom is 0.0654 e. The molecule has 0 saturated carbocycles. The van der Waals surface area contributed by atoms with Gasteiger partial charge in [-0.05, 0) is 36.8 Å². The zero-order valence-corrected chi connectivity index (χ0v) is 7.96. The second-order valence-electron chi connectivity index (χ2n) is 3.36. The predicted octanol–water partition coefficient (Wildman–Crippen LogP) is 3.45. The lowest BCUT2D eigenvalue weighted by atomic mass is 10.0. The third-order valence-electron chi connectivity index (χ3n) is 2.07. The van der Waals surface area contributed by atoms with Crippen LogP contribution in [0.3, 0.4) is 0 Å². The summed E-state index contributed by atoms with van der Waals surface area (Å²) in [6.07, 6.45) is 0. The molecule has 1 rings (SSSR count). The van der Waals surface area contributed by atoms with Gasteiger partial charge in [0.1, 0.15) is 0 Å². The van der Waals surface area contributed by atoms with Crippen LogP contribution < -0.4 is 0 Å². The first-order valence-electron chi connectivity index (χ1n) is 4.22. The summed E-state index contributed by atoms with van der Waals surface area (Å²) in [5, 5.41) is 0. The Morgan fingerprint density at radius 3 is 2.50 bits per heavy atom. The van der Waals surface area contributed by atoms with Crippen molar-refractivity contribution in [3.05, 3.63) is 29.3 Å². The largest absolute Gasteiger partial charge is 0.264 e. The number of benzene rings is 1. The quantitative estimate of drug-likeness (QED) is 0.589. The lowest BCUT2D eigenvalue weighted by Gasteiger charge is -2.07. The van der Waals surface area contributed by atoms with E-state index < -0.39 is 0 Å². The molecular formula is C11H15N. The summed E-state index contributed by atoms with van der Waals surface area (Å²) in [5.74, 6) is 0.561. The highest BCUT2D eigenvalue weighted by Gasteiger charge is 2.01. The predicted molar refractivity (Wildman–Crippen MR) is 54.5 cm³/mol. The van der Waals surface area contributed by atoms with Crippen LogP contribution in [0.1, 0.15) is 30.9 Å². The maximum absolute atomic E-state index is 3.96. The zero-order valence-electron chi connectivity index (χ0n) is 7.96. The minimum atomic E-state index is 0.561. The Hall–Kier alpha value is -1.11. The Labute approximate surface area is 74.2 Å². The number of hydrogen-bond donors (Lipinski definition) is 0. The fraction of sp³-hybridized carbons (Fsp3) is 0.364. The van der Waals surface area contributed by atoms with E-state index in [0.717, 1.165) is 5.69 Å². The summed E-state index contributed by atoms with van der Waals surface area (Å²) >= 11 is 0. The molecule has 0 aromatic heterocycles. The summed E-state index contributed by atoms with van der Waals surface area (Å²) in [6.45, 7) is 9.95. The first-order valence-corrected chi connectivity index (χ1v) is 4.22. The number of hydrogen-bond acceptors (Lipinski definition) is 1. The third kappa shape index (κ3) is 1.73. The van der Waals surface area contributed by atoms with Crippen molar-refractivity contribution in [1.29, 1.82) is 0 Å². The van der Waals surface area contributed by atoms with Crippen LogP contribution in [0.5, 0.6) is 0 Å². The molecule has 1 aromatic carbocycles. The van der Waals surface area contributed by atoms with Crippen molar-refractivity contribution >= 4 is 12.4 Å². The molecule has 0 heterocycles. The molecule has 0 saturated heterocycles. The van der Waals surface area contributed by atoms with Gasteiger partial charge in [-0.25, -0.2) is 0 Å². The van der Waals surface area contributed by atoms with Crippen molar-refractivity contribution in [2.45, 2.75) is 26.7 Å². The molecule has 64 valence electrons. The zero-order chi connectivity index (χ0) is 9.14. The van der Waals surface area contributed by atoms with E-state index in [1.54, 1.807) is 0 Å². The maximum atomic E-state index is 3.96. The molecule has 0 aliphatic rings. The summed E-state index contributed by atoms with van der Waals surface area (Å²) < 4.78 is 0. The van der Waals surface area contributed by atoms with E-state index >= 15 is 0 Å². The first kappa shape index (κ1) is 8.98. The average Bonchev–Trinajstić information content (AvgIpc) is 2.05. The molecule has 0 aliphatic carbocycles. The standard InChI is InChI=1S/C11H15N/c1-8(2)10-6-5-9(3)11(7-10)12-4/h5-8H,4H2,1-3H3. The lowest BCUT2D eigenvalue weighted by molar-refractivity contribution is 0.866. The Kier molecular flexibility index (Phi) is 2.64. The van der Waals surface area contributed by atoms with Crippen LogP contribution in [0.15, 0.2) is 23.2 Å². The highest BCUT2D eigenvalue weighted by molar-refractivity contribution is 5.53. The van der Waals surface area contributed by atoms with E-state index in [4.69, 9.17) is 0 Å². The van der Waals surface area contributed by atoms with E-state index in [9.17, 15) is 0 Å². The van der Waals surface area contributed by atoms with Crippen LogP contribution in [-0.2, 0) is 0 Å². The van der Waals surface area contributed by atoms with Gasteiger partial charge in [0.2, 0.25) is 0 Å². The third-order valence-corrected chi connectivity index (χ3v) is 2.07. The SMILES string of the molecule is C=Nc1cc(C(C)C)ccc1C. The van der Waals surface area contributed by atoms with Gasteiger partial charge in [-0.2, -0.15) is 0 Å². The Balaban J connectivity index is 3.13. The molecule has 0 spiro atoms. The summed E-state index contributed by atoms with van der Waals surface area (Å²) in [5.41, 5.74) is 3.51. The topological polar surface area (TPSA) is 12.4 Å². The molecule has 0 amide bonds. The Morgan fingerprint density at radius 2 is 2.00 bits per heavy atom. The molecular weight excluding hydrogens is 146 g/mol. The van der Waals surface area contributed by atoms with Gasteiger partial charge in [-0.15, -0.1) is 0 Å². The molecule has 12 heavy (non-hydrogen) atoms. The van der Waals surface area contributed by atoms with Gasteiger partial charge >= 0.3 is 0 Å². The van der Waals surface area contributed by atoms with Gasteiger partial charge in [0.15, 0.2) is 0 Å². The van der Waals surface area contributed by atoms with Crippen molar-refractivity contribution < 1.29 is 0 Å². The molecule has 1 aromatic rings. The molecule has 0 radical (unpaired) electrons. The van der Waals surface area contributed by atoms with Gasteiger partial charge in [0, 0.05) is 0 Å². The van der Waals surface area contributed by atoms with Gasteiger partial charge in [-0.3, -0.25) is 4.99 Å². The fourth-order valence-electron chi connectivity index (χ4n) is 1.16. The average molecular weight is 161 g/mol. The number of aryl methyl sites for hydroxylation is 1. The van der Waals surface area contributed by atoms with E-state index in [2.05, 4.69) is 43.8 Å². The van der Waals surface area contributed by atoms with Crippen LogP contribution in [-0.4, -0.2) is 6.72 Å². The lowest BCUT2D eigenvalue weighted by Crippen LogP contribution is -1.86. The summed E-state index contributed by atoms with van der Waals surface area (Å²) in [6, 6.07) is 6.35. The normalized spacial score (nSPS) is 10.3. The van der Waals surface area contributed by atoms with E-state index in [1.807, 2.05) is 6.92 Å². The molecule has 0 aliphatic heterocycles. The highest BCUT2D eigenvalue weighted by atomic mass is 14.7. The van der Waals surface area contributed by atoms with E-state index in [-0.39, 0.29) is 0 Å². The van der Waals surface area contributed by atoms with Crippen molar-refractivity contribution in [3.8, 4) is 0 Å². The highest BCUT2D eigenvalue weighted by Crippen LogP contribution is 2.23. The van der Waals surface area contributed by atoms with Crippen LogP contribution in [0.25, 0.3) is 0 Å². The second-order valence-corrected chi connectivity index (χ2v) is 3.36. The van der Waals surface area contributed by atoms with Gasteiger partial charge in [0.05, 0.1) is 5.69 Å². The molecule has 0 fully saturated rings. The molecule has 0 N–H and O–H groups in total. The number of nitrogens with zero attached hydrogens (tertiary/aromatic N) is 1. The van der Waals surface area contributed by atoms with Crippen LogP contribution >= 0.6 is 0 Å². The molecule has 0 atom stereocenters. The van der Waals surface area contributed by atoms with Gasteiger partial charge in [-0.1, -0.05) is 26.0 Å². The monoisotopic (exact) mass is 161 g/mol. The minimum absolute atomic E-state index is 0.561.